The van der Waals surface area contributed by atoms with Crippen LogP contribution in [-0.4, -0.2) is 24.0 Å². The van der Waals surface area contributed by atoms with Crippen LogP contribution < -0.4 is 5.73 Å². The van der Waals surface area contributed by atoms with Gasteiger partial charge in [0.05, 0.1) is 6.26 Å². The average Bonchev–Trinajstić information content (AvgIpc) is 2.96. The van der Waals surface area contributed by atoms with Crippen LogP contribution in [0.5, 0.6) is 0 Å². The van der Waals surface area contributed by atoms with Gasteiger partial charge in [0.15, 0.2) is 0 Å². The molecule has 0 radical (unpaired) electrons. The van der Waals surface area contributed by atoms with Gasteiger partial charge in [-0.15, -0.1) is 0 Å². The normalized spacial score (nSPS) is 30.6. The van der Waals surface area contributed by atoms with E-state index in [9.17, 15) is 0 Å². The number of aryl methyl sites for hydroxylation is 1. The zero-order valence-corrected chi connectivity index (χ0v) is 9.69. The van der Waals surface area contributed by atoms with E-state index in [0.29, 0.717) is 12.1 Å². The largest absolute Gasteiger partial charge is 0.469 e. The van der Waals surface area contributed by atoms with Crippen molar-refractivity contribution < 1.29 is 4.42 Å². The second-order valence-electron chi connectivity index (χ2n) is 4.98. The first kappa shape index (κ1) is 10.4. The first-order valence-electron chi connectivity index (χ1n) is 6.42. The third-order valence-corrected chi connectivity index (χ3v) is 4.12. The van der Waals surface area contributed by atoms with E-state index in [-0.39, 0.29) is 0 Å². The molecule has 1 aromatic rings. The third-order valence-electron chi connectivity index (χ3n) is 4.12. The Labute approximate surface area is 96.6 Å². The molecule has 0 amide bonds. The van der Waals surface area contributed by atoms with Gasteiger partial charge in [0.1, 0.15) is 5.76 Å². The molecule has 1 saturated heterocycles. The summed E-state index contributed by atoms with van der Waals surface area (Å²) >= 11 is 0. The van der Waals surface area contributed by atoms with E-state index in [2.05, 4.69) is 11.0 Å². The number of rotatable bonds is 2. The van der Waals surface area contributed by atoms with E-state index >= 15 is 0 Å². The first-order chi connectivity index (χ1) is 7.90. The Morgan fingerprint density at radius 2 is 2.31 bits per heavy atom. The van der Waals surface area contributed by atoms with Crippen LogP contribution in [-0.2, 0) is 6.42 Å². The predicted octanol–water partition coefficient (Wildman–Crippen LogP) is 2.08. The summed E-state index contributed by atoms with van der Waals surface area (Å²) in [6.07, 6.45) is 8.03. The van der Waals surface area contributed by atoms with Gasteiger partial charge in [-0.2, -0.15) is 0 Å². The summed E-state index contributed by atoms with van der Waals surface area (Å²) in [6.45, 7) is 2.00. The summed E-state index contributed by atoms with van der Waals surface area (Å²) in [5.41, 5.74) is 7.28. The molecule has 1 aliphatic heterocycles. The molecule has 2 unspecified atom stereocenters. The quantitative estimate of drug-likeness (QED) is 0.829. The maximum absolute atomic E-state index is 5.86. The molecule has 1 fully saturated rings. The average molecular weight is 220 g/mol. The molecule has 0 aromatic carbocycles. The zero-order chi connectivity index (χ0) is 11.0. The molecule has 3 heteroatoms. The van der Waals surface area contributed by atoms with Crippen molar-refractivity contribution in [2.45, 2.75) is 44.2 Å². The Morgan fingerprint density at radius 1 is 1.38 bits per heavy atom. The molecule has 0 saturated carbocycles. The zero-order valence-electron chi connectivity index (χ0n) is 9.69. The molecule has 0 spiro atoms. The maximum atomic E-state index is 5.86. The minimum Gasteiger partial charge on any atom is -0.469 e. The molecule has 1 aliphatic carbocycles. The molecule has 2 atom stereocenters. The number of fused-ring (bicyclic) bond motifs is 1. The van der Waals surface area contributed by atoms with Crippen LogP contribution in [0.2, 0.25) is 0 Å². The minimum absolute atomic E-state index is 0.568. The van der Waals surface area contributed by atoms with Crippen LogP contribution in [0.25, 0.3) is 0 Å². The number of hydrogen-bond donors (Lipinski definition) is 1. The van der Waals surface area contributed by atoms with Crippen molar-refractivity contribution in [1.82, 2.24) is 4.90 Å². The second kappa shape index (κ2) is 4.22. The minimum atomic E-state index is 0.568. The highest BCUT2D eigenvalue weighted by Crippen LogP contribution is 2.38. The highest BCUT2D eigenvalue weighted by molar-refractivity contribution is 5.24. The number of likely N-dealkylation sites (tertiary alicyclic amines) is 1. The molecule has 0 bridgehead atoms. The van der Waals surface area contributed by atoms with E-state index < -0.39 is 0 Å². The van der Waals surface area contributed by atoms with Crippen molar-refractivity contribution in [3.63, 3.8) is 0 Å². The van der Waals surface area contributed by atoms with Gasteiger partial charge in [-0.05, 0) is 38.3 Å². The SMILES string of the molecule is NCC1CCCN1C1CCCc2occc21. The van der Waals surface area contributed by atoms with Gasteiger partial charge in [0, 0.05) is 30.6 Å². The molecular formula is C13H20N2O. The van der Waals surface area contributed by atoms with E-state index in [4.69, 9.17) is 10.2 Å². The Morgan fingerprint density at radius 3 is 3.19 bits per heavy atom. The summed E-state index contributed by atoms with van der Waals surface area (Å²) in [5, 5.41) is 0. The van der Waals surface area contributed by atoms with Gasteiger partial charge >= 0.3 is 0 Å². The number of furan rings is 1. The molecule has 16 heavy (non-hydrogen) atoms. The van der Waals surface area contributed by atoms with Crippen LogP contribution in [0.3, 0.4) is 0 Å². The van der Waals surface area contributed by atoms with Crippen molar-refractivity contribution in [3.8, 4) is 0 Å². The Balaban J connectivity index is 1.86. The fourth-order valence-corrected chi connectivity index (χ4v) is 3.33. The Hall–Kier alpha value is -0.800. The molecule has 88 valence electrons. The summed E-state index contributed by atoms with van der Waals surface area (Å²) in [6, 6.07) is 3.31. The fourth-order valence-electron chi connectivity index (χ4n) is 3.33. The first-order valence-corrected chi connectivity index (χ1v) is 6.42. The molecule has 2 aliphatic rings. The van der Waals surface area contributed by atoms with Gasteiger partial charge in [-0.1, -0.05) is 0 Å². The number of hydrogen-bond acceptors (Lipinski definition) is 3. The number of nitrogens with zero attached hydrogens (tertiary/aromatic N) is 1. The van der Waals surface area contributed by atoms with Gasteiger partial charge < -0.3 is 10.2 Å². The fraction of sp³-hybridized carbons (Fsp3) is 0.692. The Kier molecular flexibility index (Phi) is 2.74. The van der Waals surface area contributed by atoms with Crippen LogP contribution in [0.4, 0.5) is 0 Å². The van der Waals surface area contributed by atoms with Crippen molar-refractivity contribution in [2.75, 3.05) is 13.1 Å². The Bertz CT molecular complexity index is 361. The lowest BCUT2D eigenvalue weighted by Crippen LogP contribution is -2.39. The molecular weight excluding hydrogens is 200 g/mol. The topological polar surface area (TPSA) is 42.4 Å². The lowest BCUT2D eigenvalue weighted by atomic mass is 9.92. The van der Waals surface area contributed by atoms with Crippen LogP contribution in [0.15, 0.2) is 16.7 Å². The third kappa shape index (κ3) is 1.59. The molecule has 2 N–H and O–H groups in total. The van der Waals surface area contributed by atoms with Crippen LogP contribution in [0, 0.1) is 0 Å². The smallest absolute Gasteiger partial charge is 0.108 e. The second-order valence-corrected chi connectivity index (χ2v) is 4.98. The van der Waals surface area contributed by atoms with Crippen molar-refractivity contribution in [1.29, 1.82) is 0 Å². The highest BCUT2D eigenvalue weighted by atomic mass is 16.3. The molecule has 3 rings (SSSR count). The summed E-state index contributed by atoms with van der Waals surface area (Å²) in [4.78, 5) is 2.60. The van der Waals surface area contributed by atoms with E-state index in [1.165, 1.54) is 43.6 Å². The van der Waals surface area contributed by atoms with Crippen molar-refractivity contribution in [3.05, 3.63) is 23.7 Å². The van der Waals surface area contributed by atoms with Gasteiger partial charge in [0.25, 0.3) is 0 Å². The van der Waals surface area contributed by atoms with Gasteiger partial charge in [-0.3, -0.25) is 4.90 Å². The predicted molar refractivity (Wildman–Crippen MR) is 63.2 cm³/mol. The molecule has 1 aromatic heterocycles. The standard InChI is InChI=1S/C13H20N2O/c14-9-10-3-2-7-15(10)12-4-1-5-13-11(12)6-8-16-13/h6,8,10,12H,1-5,7,9,14H2. The monoisotopic (exact) mass is 220 g/mol. The van der Waals surface area contributed by atoms with E-state index in [1.807, 2.05) is 6.26 Å². The molecule has 2 heterocycles. The van der Waals surface area contributed by atoms with Gasteiger partial charge in [-0.25, -0.2) is 0 Å². The lowest BCUT2D eigenvalue weighted by molar-refractivity contribution is 0.163. The van der Waals surface area contributed by atoms with Crippen molar-refractivity contribution in [2.24, 2.45) is 5.73 Å². The summed E-state index contributed by atoms with van der Waals surface area (Å²) < 4.78 is 5.56. The van der Waals surface area contributed by atoms with Crippen molar-refractivity contribution >= 4 is 0 Å². The van der Waals surface area contributed by atoms with Crippen LogP contribution >= 0.6 is 0 Å². The van der Waals surface area contributed by atoms with E-state index in [0.717, 1.165) is 13.0 Å². The molecule has 3 nitrogen and oxygen atoms in total. The highest BCUT2D eigenvalue weighted by Gasteiger charge is 2.34. The summed E-state index contributed by atoms with van der Waals surface area (Å²) in [7, 11) is 0. The maximum Gasteiger partial charge on any atom is 0.108 e. The van der Waals surface area contributed by atoms with Crippen LogP contribution in [0.1, 0.15) is 43.0 Å². The summed E-state index contributed by atoms with van der Waals surface area (Å²) in [5.74, 6) is 1.21. The van der Waals surface area contributed by atoms with Gasteiger partial charge in [0.2, 0.25) is 0 Å². The number of nitrogens with two attached hydrogens (primary N) is 1. The lowest BCUT2D eigenvalue weighted by Gasteiger charge is -2.34. The van der Waals surface area contributed by atoms with E-state index in [1.54, 1.807) is 0 Å².